The molecule has 1 amide bonds. The fourth-order valence-corrected chi connectivity index (χ4v) is 2.84. The summed E-state index contributed by atoms with van der Waals surface area (Å²) in [5, 5.41) is 12.6. The molecule has 0 bridgehead atoms. The molecule has 0 unspecified atom stereocenters. The zero-order chi connectivity index (χ0) is 16.4. The molecule has 2 aromatic heterocycles. The van der Waals surface area contributed by atoms with Crippen molar-refractivity contribution < 1.29 is 9.90 Å². The number of hydrogen-bond acceptors (Lipinski definition) is 5. The normalized spacial score (nSPS) is 21.2. The Bertz CT molecular complexity index is 704. The monoisotopic (exact) mass is 315 g/mol. The first-order chi connectivity index (χ1) is 11.0. The van der Waals surface area contributed by atoms with E-state index < -0.39 is 0 Å². The van der Waals surface area contributed by atoms with Crippen molar-refractivity contribution in [2.75, 3.05) is 0 Å². The number of amides is 1. The summed E-state index contributed by atoms with van der Waals surface area (Å²) in [6.07, 6.45) is 7.83. The second-order valence-electron chi connectivity index (χ2n) is 6.09. The third kappa shape index (κ3) is 3.39. The van der Waals surface area contributed by atoms with E-state index in [-0.39, 0.29) is 18.1 Å². The Hall–Kier alpha value is -2.28. The molecule has 2 N–H and O–H groups in total. The molecule has 2 aromatic rings. The average Bonchev–Trinajstić information content (AvgIpc) is 2.96. The van der Waals surface area contributed by atoms with Gasteiger partial charge in [-0.1, -0.05) is 0 Å². The lowest BCUT2D eigenvalue weighted by Crippen LogP contribution is -2.39. The van der Waals surface area contributed by atoms with Gasteiger partial charge in [0.2, 0.25) is 0 Å². The Morgan fingerprint density at radius 2 is 2.04 bits per heavy atom. The van der Waals surface area contributed by atoms with Gasteiger partial charge in [-0.05, 0) is 38.2 Å². The number of aliphatic hydroxyl groups is 1. The molecule has 122 valence electrons. The third-order valence-electron chi connectivity index (χ3n) is 4.26. The molecule has 1 saturated carbocycles. The summed E-state index contributed by atoms with van der Waals surface area (Å²) in [5.41, 5.74) is 1.89. The van der Waals surface area contributed by atoms with Gasteiger partial charge in [0.05, 0.1) is 18.6 Å². The second-order valence-corrected chi connectivity index (χ2v) is 6.09. The van der Waals surface area contributed by atoms with E-state index in [1.54, 1.807) is 18.7 Å². The molecule has 0 aromatic carbocycles. The number of carbonyl (C=O) groups is 1. The van der Waals surface area contributed by atoms with Crippen LogP contribution in [0.2, 0.25) is 0 Å². The van der Waals surface area contributed by atoms with Gasteiger partial charge in [-0.2, -0.15) is 0 Å². The molecule has 0 atom stereocenters. The van der Waals surface area contributed by atoms with Crippen LogP contribution in [-0.2, 0) is 7.05 Å². The number of aliphatic hydroxyl groups excluding tert-OH is 1. The molecule has 3 rings (SSSR count). The highest BCUT2D eigenvalue weighted by atomic mass is 16.3. The molecule has 1 aliphatic rings. The summed E-state index contributed by atoms with van der Waals surface area (Å²) in [7, 11) is 1.86. The first-order valence-corrected chi connectivity index (χ1v) is 7.84. The number of aromatic nitrogens is 4. The van der Waals surface area contributed by atoms with Crippen molar-refractivity contribution in [1.82, 2.24) is 24.8 Å². The van der Waals surface area contributed by atoms with Gasteiger partial charge >= 0.3 is 0 Å². The summed E-state index contributed by atoms with van der Waals surface area (Å²) in [4.78, 5) is 25.3. The van der Waals surface area contributed by atoms with Crippen molar-refractivity contribution in [1.29, 1.82) is 0 Å². The number of nitrogens with zero attached hydrogens (tertiary/aromatic N) is 4. The fraction of sp³-hybridized carbons (Fsp3) is 0.500. The molecular weight excluding hydrogens is 294 g/mol. The summed E-state index contributed by atoms with van der Waals surface area (Å²) >= 11 is 0. The van der Waals surface area contributed by atoms with Crippen molar-refractivity contribution in [2.24, 2.45) is 7.05 Å². The van der Waals surface area contributed by atoms with E-state index in [1.807, 2.05) is 18.5 Å². The molecule has 0 spiro atoms. The van der Waals surface area contributed by atoms with Gasteiger partial charge in [-0.15, -0.1) is 0 Å². The minimum absolute atomic E-state index is 0.0976. The van der Waals surface area contributed by atoms with Crippen LogP contribution in [0.5, 0.6) is 0 Å². The minimum atomic E-state index is -0.236. The van der Waals surface area contributed by atoms with Crippen LogP contribution < -0.4 is 5.32 Å². The van der Waals surface area contributed by atoms with Gasteiger partial charge in [-0.25, -0.2) is 15.0 Å². The number of carbonyl (C=O) groups excluding carboxylic acids is 1. The maximum absolute atomic E-state index is 12.5. The van der Waals surface area contributed by atoms with E-state index in [1.165, 1.54) is 0 Å². The van der Waals surface area contributed by atoms with E-state index in [9.17, 15) is 9.90 Å². The van der Waals surface area contributed by atoms with Crippen molar-refractivity contribution in [2.45, 2.75) is 44.8 Å². The molecule has 0 saturated heterocycles. The maximum Gasteiger partial charge on any atom is 0.270 e. The predicted octanol–water partition coefficient (Wildman–Crippen LogP) is 1.22. The Labute approximate surface area is 134 Å². The summed E-state index contributed by atoms with van der Waals surface area (Å²) in [6.45, 7) is 1.83. The highest BCUT2D eigenvalue weighted by Gasteiger charge is 2.23. The largest absolute Gasteiger partial charge is 0.393 e. The zero-order valence-corrected chi connectivity index (χ0v) is 13.4. The topological polar surface area (TPSA) is 92.9 Å². The highest BCUT2D eigenvalue weighted by molar-refractivity contribution is 5.94. The second kappa shape index (κ2) is 6.45. The van der Waals surface area contributed by atoms with Crippen molar-refractivity contribution in [3.8, 4) is 11.5 Å². The van der Waals surface area contributed by atoms with Crippen LogP contribution in [0.25, 0.3) is 11.5 Å². The summed E-state index contributed by atoms with van der Waals surface area (Å²) in [5.74, 6) is 0.300. The molecule has 2 heterocycles. The molecule has 7 heteroatoms. The Morgan fingerprint density at radius 1 is 1.30 bits per heavy atom. The number of imidazole rings is 1. The molecule has 23 heavy (non-hydrogen) atoms. The molecule has 1 aliphatic carbocycles. The van der Waals surface area contributed by atoms with Gasteiger partial charge in [-0.3, -0.25) is 4.79 Å². The highest BCUT2D eigenvalue weighted by Crippen LogP contribution is 2.19. The Balaban J connectivity index is 1.79. The van der Waals surface area contributed by atoms with Crippen molar-refractivity contribution >= 4 is 5.91 Å². The summed E-state index contributed by atoms with van der Waals surface area (Å²) in [6, 6.07) is 0.0976. The SMILES string of the molecule is Cc1cnc(-c2cncn2C)nc1C(=O)NC1CCC(O)CC1. The first-order valence-electron chi connectivity index (χ1n) is 7.84. The first kappa shape index (κ1) is 15.6. The smallest absolute Gasteiger partial charge is 0.270 e. The number of aryl methyl sites for hydroxylation is 2. The van der Waals surface area contributed by atoms with Crippen LogP contribution in [-0.4, -0.2) is 42.7 Å². The van der Waals surface area contributed by atoms with Gasteiger partial charge < -0.3 is 15.0 Å². The van der Waals surface area contributed by atoms with Crippen LogP contribution in [0.15, 0.2) is 18.7 Å². The third-order valence-corrected chi connectivity index (χ3v) is 4.26. The Kier molecular flexibility index (Phi) is 4.38. The predicted molar refractivity (Wildman–Crippen MR) is 84.7 cm³/mol. The van der Waals surface area contributed by atoms with Crippen LogP contribution in [0.4, 0.5) is 0 Å². The number of nitrogens with one attached hydrogen (secondary N) is 1. The van der Waals surface area contributed by atoms with Gasteiger partial charge in [0.1, 0.15) is 11.4 Å². The molecule has 0 radical (unpaired) electrons. The van der Waals surface area contributed by atoms with E-state index in [4.69, 9.17) is 0 Å². The summed E-state index contributed by atoms with van der Waals surface area (Å²) < 4.78 is 1.81. The van der Waals surface area contributed by atoms with Crippen LogP contribution in [0.1, 0.15) is 41.7 Å². The van der Waals surface area contributed by atoms with Crippen LogP contribution in [0.3, 0.4) is 0 Å². The fourth-order valence-electron chi connectivity index (χ4n) is 2.84. The lowest BCUT2D eigenvalue weighted by Gasteiger charge is -2.26. The molecule has 7 nitrogen and oxygen atoms in total. The standard InChI is InChI=1S/C16H21N5O2/c1-10-7-18-15(13-8-17-9-21(13)2)20-14(10)16(23)19-11-3-5-12(22)6-4-11/h7-9,11-12,22H,3-6H2,1-2H3,(H,19,23). The quantitative estimate of drug-likeness (QED) is 0.888. The van der Waals surface area contributed by atoms with E-state index in [0.717, 1.165) is 36.9 Å². The molecule has 0 aliphatic heterocycles. The van der Waals surface area contributed by atoms with Crippen molar-refractivity contribution in [3.63, 3.8) is 0 Å². The zero-order valence-electron chi connectivity index (χ0n) is 13.4. The minimum Gasteiger partial charge on any atom is -0.393 e. The Morgan fingerprint density at radius 3 is 2.70 bits per heavy atom. The number of rotatable bonds is 3. The van der Waals surface area contributed by atoms with Gasteiger partial charge in [0, 0.05) is 19.3 Å². The lowest BCUT2D eigenvalue weighted by molar-refractivity contribution is 0.0862. The van der Waals surface area contributed by atoms with Crippen LogP contribution >= 0.6 is 0 Å². The van der Waals surface area contributed by atoms with E-state index in [0.29, 0.717) is 11.5 Å². The average molecular weight is 315 g/mol. The lowest BCUT2D eigenvalue weighted by atomic mass is 9.93. The van der Waals surface area contributed by atoms with Crippen LogP contribution in [0, 0.1) is 6.92 Å². The maximum atomic E-state index is 12.5. The molecular formula is C16H21N5O2. The molecule has 1 fully saturated rings. The van der Waals surface area contributed by atoms with E-state index >= 15 is 0 Å². The van der Waals surface area contributed by atoms with Crippen molar-refractivity contribution in [3.05, 3.63) is 30.0 Å². The van der Waals surface area contributed by atoms with Gasteiger partial charge in [0.15, 0.2) is 5.82 Å². The number of hydrogen-bond donors (Lipinski definition) is 2. The van der Waals surface area contributed by atoms with Gasteiger partial charge in [0.25, 0.3) is 5.91 Å². The van der Waals surface area contributed by atoms with E-state index in [2.05, 4.69) is 20.3 Å².